The third-order valence-corrected chi connectivity index (χ3v) is 10.00. The number of aromatic hydroxyl groups is 2. The maximum absolute atomic E-state index is 13.4. The highest BCUT2D eigenvalue weighted by molar-refractivity contribution is 14.1. The minimum atomic E-state index is -0.495. The molecule has 8 heteroatoms. The number of phenolic OH excluding ortho intramolecular Hbond substituents is 2. The number of para-hydroxylation sites is 2. The van der Waals surface area contributed by atoms with Gasteiger partial charge in [-0.3, -0.25) is 0 Å². The van der Waals surface area contributed by atoms with Crippen LogP contribution in [0.3, 0.4) is 0 Å². The molecule has 0 saturated carbocycles. The molecule has 1 aliphatic carbocycles. The van der Waals surface area contributed by atoms with Crippen molar-refractivity contribution < 1.29 is 29.3 Å². The molecule has 6 aromatic rings. The minimum Gasteiger partial charge on any atom is -0.507 e. The molecule has 0 spiro atoms. The molecule has 0 aromatic heterocycles. The van der Waals surface area contributed by atoms with Gasteiger partial charge in [0, 0.05) is 32.8 Å². The summed E-state index contributed by atoms with van der Waals surface area (Å²) in [6, 6.07) is 36.7. The van der Waals surface area contributed by atoms with Crippen LogP contribution in [0, 0.1) is 7.14 Å². The van der Waals surface area contributed by atoms with Crippen LogP contribution in [0.2, 0.25) is 0 Å². The maximum atomic E-state index is 13.4. The molecular weight excluding hydrogens is 854 g/mol. The van der Waals surface area contributed by atoms with Gasteiger partial charge in [-0.15, -0.1) is 0 Å². The zero-order chi connectivity index (χ0) is 34.8. The van der Waals surface area contributed by atoms with Crippen molar-refractivity contribution >= 4 is 57.1 Å². The summed E-state index contributed by atoms with van der Waals surface area (Å²) < 4.78 is 14.2. The highest BCUT2D eigenvalue weighted by atomic mass is 127. The van der Waals surface area contributed by atoms with Crippen LogP contribution in [0.4, 0.5) is 0 Å². The van der Waals surface area contributed by atoms with E-state index in [2.05, 4.69) is 45.2 Å². The van der Waals surface area contributed by atoms with Crippen LogP contribution in [-0.2, 0) is 25.7 Å². The van der Waals surface area contributed by atoms with Gasteiger partial charge < -0.3 is 19.7 Å². The van der Waals surface area contributed by atoms with Crippen molar-refractivity contribution in [3.8, 4) is 23.0 Å². The Bertz CT molecular complexity index is 2000. The van der Waals surface area contributed by atoms with Gasteiger partial charge in [0.1, 0.15) is 23.0 Å². The lowest BCUT2D eigenvalue weighted by atomic mass is 9.91. The fourth-order valence-corrected chi connectivity index (χ4v) is 7.85. The standard InChI is InChI=1S/C42H30I2O6/c43-35-21-31-17-27-13-7-14-28(39(27)49-41(47)25-9-3-1-4-10-25)18-32-22-36(44)24-34(38(32)46)20-30-16-8-15-29(19-33(23-35)37(31)45)40(30)50-42(48)26-11-5-2-6-12-26/h1-16,21-24,45-46H,17-20H2. The van der Waals surface area contributed by atoms with Gasteiger partial charge >= 0.3 is 11.9 Å². The van der Waals surface area contributed by atoms with Gasteiger partial charge in [0.25, 0.3) is 0 Å². The van der Waals surface area contributed by atoms with Gasteiger partial charge in [-0.1, -0.05) is 72.8 Å². The van der Waals surface area contributed by atoms with E-state index in [4.69, 9.17) is 9.47 Å². The zero-order valence-electron chi connectivity index (χ0n) is 26.7. The topological polar surface area (TPSA) is 93.1 Å². The Morgan fingerprint density at radius 2 is 0.740 bits per heavy atom. The molecule has 7 rings (SSSR count). The molecular formula is C42H30I2O6. The maximum Gasteiger partial charge on any atom is 0.343 e. The molecule has 0 amide bonds. The quantitative estimate of drug-likeness (QED) is 0.104. The first kappa shape index (κ1) is 33.8. The Hall–Kier alpha value is -4.68. The van der Waals surface area contributed by atoms with Crippen LogP contribution in [0.1, 0.15) is 65.2 Å². The second-order valence-electron chi connectivity index (χ2n) is 12.2. The number of hydrogen-bond acceptors (Lipinski definition) is 6. The Labute approximate surface area is 317 Å². The molecule has 0 heterocycles. The normalized spacial score (nSPS) is 12.2. The summed E-state index contributed by atoms with van der Waals surface area (Å²) in [4.78, 5) is 26.9. The fourth-order valence-electron chi connectivity index (χ4n) is 6.34. The molecule has 8 bridgehead atoms. The van der Waals surface area contributed by atoms with Crippen molar-refractivity contribution in [2.75, 3.05) is 0 Å². The van der Waals surface area contributed by atoms with Gasteiger partial charge in [0.15, 0.2) is 0 Å². The molecule has 6 aromatic carbocycles. The summed E-state index contributed by atoms with van der Waals surface area (Å²) in [5, 5.41) is 23.5. The van der Waals surface area contributed by atoms with Crippen LogP contribution in [0.15, 0.2) is 121 Å². The number of hydrogen-bond donors (Lipinski definition) is 2. The number of fused-ring (bicyclic) bond motifs is 8. The average molecular weight is 885 g/mol. The molecule has 6 nitrogen and oxygen atoms in total. The summed E-state index contributed by atoms with van der Waals surface area (Å²) in [5.41, 5.74) is 6.33. The number of carbonyl (C=O) groups is 2. The third-order valence-electron chi connectivity index (χ3n) is 8.75. The van der Waals surface area contributed by atoms with Crippen molar-refractivity contribution in [3.63, 3.8) is 0 Å². The fraction of sp³-hybridized carbons (Fsp3) is 0.0952. The molecule has 0 radical (unpaired) electrons. The number of esters is 2. The lowest BCUT2D eigenvalue weighted by molar-refractivity contribution is 0.0722. The molecule has 0 saturated heterocycles. The van der Waals surface area contributed by atoms with E-state index in [-0.39, 0.29) is 37.2 Å². The Balaban J connectivity index is 1.40. The number of carbonyl (C=O) groups excluding carboxylic acids is 2. The van der Waals surface area contributed by atoms with E-state index in [0.717, 1.165) is 7.14 Å². The van der Waals surface area contributed by atoms with Crippen LogP contribution in [0.25, 0.3) is 0 Å². The minimum absolute atomic E-state index is 0.117. The second-order valence-corrected chi connectivity index (χ2v) is 14.7. The van der Waals surface area contributed by atoms with E-state index in [1.807, 2.05) is 72.8 Å². The van der Waals surface area contributed by atoms with E-state index >= 15 is 0 Å². The van der Waals surface area contributed by atoms with Crippen molar-refractivity contribution in [1.29, 1.82) is 0 Å². The summed E-state index contributed by atoms with van der Waals surface area (Å²) in [5.74, 6) is 0.0364. The first-order valence-electron chi connectivity index (χ1n) is 16.0. The van der Waals surface area contributed by atoms with Crippen molar-refractivity contribution in [2.24, 2.45) is 0 Å². The SMILES string of the molecule is O=C(Oc1c2cccc1Cc1cc(I)cc(c1O)Cc1cccc(c1OC(=O)c1ccccc1)Cc1cc(I)cc(c1O)C2)c1ccccc1. The summed E-state index contributed by atoms with van der Waals surface area (Å²) in [7, 11) is 0. The smallest absolute Gasteiger partial charge is 0.343 e. The average Bonchev–Trinajstić information content (AvgIpc) is 3.11. The first-order valence-corrected chi connectivity index (χ1v) is 18.2. The van der Waals surface area contributed by atoms with Crippen LogP contribution >= 0.6 is 45.2 Å². The van der Waals surface area contributed by atoms with E-state index in [0.29, 0.717) is 67.1 Å². The first-order chi connectivity index (χ1) is 24.2. The van der Waals surface area contributed by atoms with Gasteiger partial charge in [-0.05, 0) is 138 Å². The van der Waals surface area contributed by atoms with E-state index in [1.165, 1.54) is 0 Å². The number of ether oxygens (including phenoxy) is 2. The molecule has 248 valence electrons. The number of halogens is 2. The third kappa shape index (κ3) is 7.27. The van der Waals surface area contributed by atoms with E-state index < -0.39 is 11.9 Å². The lowest BCUT2D eigenvalue weighted by Crippen LogP contribution is -2.13. The zero-order valence-corrected chi connectivity index (χ0v) is 31.0. The van der Waals surface area contributed by atoms with Gasteiger partial charge in [0.2, 0.25) is 0 Å². The lowest BCUT2D eigenvalue weighted by Gasteiger charge is -2.20. The predicted octanol–water partition coefficient (Wildman–Crippen LogP) is 9.42. The highest BCUT2D eigenvalue weighted by Crippen LogP contribution is 2.39. The Morgan fingerprint density at radius 3 is 1.04 bits per heavy atom. The van der Waals surface area contributed by atoms with Crippen molar-refractivity contribution in [2.45, 2.75) is 25.7 Å². The predicted molar refractivity (Wildman–Crippen MR) is 209 cm³/mol. The highest BCUT2D eigenvalue weighted by Gasteiger charge is 2.23. The molecule has 50 heavy (non-hydrogen) atoms. The Kier molecular flexibility index (Phi) is 9.91. The summed E-state index contributed by atoms with van der Waals surface area (Å²) in [6.45, 7) is 0. The largest absolute Gasteiger partial charge is 0.507 e. The summed E-state index contributed by atoms with van der Waals surface area (Å²) >= 11 is 4.48. The molecule has 1 aliphatic rings. The number of rotatable bonds is 4. The number of phenols is 2. The van der Waals surface area contributed by atoms with E-state index in [1.54, 1.807) is 48.5 Å². The van der Waals surface area contributed by atoms with Crippen molar-refractivity contribution in [3.05, 3.63) is 184 Å². The molecule has 2 N–H and O–H groups in total. The number of benzene rings is 6. The van der Waals surface area contributed by atoms with Crippen molar-refractivity contribution in [1.82, 2.24) is 0 Å². The van der Waals surface area contributed by atoms with Gasteiger partial charge in [0.05, 0.1) is 11.1 Å². The monoisotopic (exact) mass is 884 g/mol. The molecule has 0 fully saturated rings. The van der Waals surface area contributed by atoms with E-state index in [9.17, 15) is 19.8 Å². The van der Waals surface area contributed by atoms with Gasteiger partial charge in [-0.2, -0.15) is 0 Å². The molecule has 0 aliphatic heterocycles. The Morgan fingerprint density at radius 1 is 0.440 bits per heavy atom. The van der Waals surface area contributed by atoms with Crippen LogP contribution in [0.5, 0.6) is 23.0 Å². The van der Waals surface area contributed by atoms with Crippen LogP contribution in [-0.4, -0.2) is 22.2 Å². The van der Waals surface area contributed by atoms with Crippen LogP contribution < -0.4 is 9.47 Å². The molecule has 0 atom stereocenters. The summed E-state index contributed by atoms with van der Waals surface area (Å²) in [6.07, 6.45) is 1.11. The molecule has 0 unspecified atom stereocenters. The van der Waals surface area contributed by atoms with Gasteiger partial charge in [-0.25, -0.2) is 9.59 Å². The second kappa shape index (κ2) is 14.7.